The Morgan fingerprint density at radius 2 is 1.83 bits per heavy atom. The van der Waals surface area contributed by atoms with Gasteiger partial charge in [0.2, 0.25) is 10.0 Å². The van der Waals surface area contributed by atoms with Gasteiger partial charge in [-0.25, -0.2) is 0 Å². The molecule has 1 aromatic heterocycles. The van der Waals surface area contributed by atoms with Crippen LogP contribution in [0.25, 0.3) is 0 Å². The Kier molecular flexibility index (Phi) is 5.57. The van der Waals surface area contributed by atoms with E-state index in [0.717, 1.165) is 0 Å². The fourth-order valence-corrected chi connectivity index (χ4v) is 1.98. The Labute approximate surface area is 147 Å². The zero-order valence-electron chi connectivity index (χ0n) is 11.9. The number of halogens is 3. The molecule has 0 saturated carbocycles. The molecule has 8 heteroatoms. The minimum absolute atomic E-state index is 0.0553. The molecule has 0 aliphatic heterocycles. The number of ether oxygens (including phenoxy) is 1. The van der Waals surface area contributed by atoms with Gasteiger partial charge in [0.15, 0.2) is 11.5 Å². The van der Waals surface area contributed by atoms with E-state index in [1.807, 2.05) is 0 Å². The maximum absolute atomic E-state index is 12.0. The van der Waals surface area contributed by atoms with Crippen LogP contribution in [0.1, 0.15) is 27.8 Å². The van der Waals surface area contributed by atoms with Crippen molar-refractivity contribution in [1.29, 1.82) is 0 Å². The highest BCUT2D eigenvalue weighted by Gasteiger charge is 2.36. The maximum atomic E-state index is 12.0. The number of rotatable bonds is 5. The predicted molar refractivity (Wildman–Crippen MR) is 87.3 cm³/mol. The van der Waals surface area contributed by atoms with E-state index in [1.165, 1.54) is 19.3 Å². The summed E-state index contributed by atoms with van der Waals surface area (Å²) in [5.41, 5.74) is 0.516. The summed E-state index contributed by atoms with van der Waals surface area (Å²) >= 11 is 17.5. The molecular weight excluding hydrogens is 365 g/mol. The molecule has 122 valence electrons. The van der Waals surface area contributed by atoms with Crippen molar-refractivity contribution in [3.8, 4) is 5.75 Å². The van der Waals surface area contributed by atoms with Crippen molar-refractivity contribution in [2.75, 3.05) is 0 Å². The predicted octanol–water partition coefficient (Wildman–Crippen LogP) is 3.99. The maximum Gasteiger partial charge on any atom is 0.289 e. The first kappa shape index (κ1) is 17.7. The van der Waals surface area contributed by atoms with Crippen molar-refractivity contribution in [3.05, 3.63) is 54.0 Å². The molecule has 23 heavy (non-hydrogen) atoms. The summed E-state index contributed by atoms with van der Waals surface area (Å²) < 4.78 is 8.55. The molecule has 0 radical (unpaired) electrons. The van der Waals surface area contributed by atoms with E-state index in [4.69, 9.17) is 44.0 Å². The first-order valence-corrected chi connectivity index (χ1v) is 7.59. The van der Waals surface area contributed by atoms with E-state index in [-0.39, 0.29) is 11.5 Å². The van der Waals surface area contributed by atoms with Crippen LogP contribution in [0, 0.1) is 0 Å². The summed E-state index contributed by atoms with van der Waals surface area (Å²) in [5.74, 6) is -0.293. The summed E-state index contributed by atoms with van der Waals surface area (Å²) in [4.78, 5) is 23.2. The molecule has 1 N–H and O–H groups in total. The largest absolute Gasteiger partial charge is 0.466 e. The van der Waals surface area contributed by atoms with Gasteiger partial charge in [-0.15, -0.1) is 0 Å². The van der Waals surface area contributed by atoms with Crippen molar-refractivity contribution >= 4 is 46.5 Å². The normalized spacial score (nSPS) is 12.5. The number of alkyl halides is 3. The lowest BCUT2D eigenvalue weighted by Crippen LogP contribution is -2.47. The Morgan fingerprint density at radius 3 is 2.30 bits per heavy atom. The highest BCUT2D eigenvalue weighted by Crippen LogP contribution is 2.32. The average Bonchev–Trinajstić information content (AvgIpc) is 3.00. The van der Waals surface area contributed by atoms with Crippen molar-refractivity contribution in [2.24, 2.45) is 0 Å². The molecule has 1 heterocycles. The molecule has 1 atom stereocenters. The van der Waals surface area contributed by atoms with Crippen molar-refractivity contribution in [1.82, 2.24) is 5.32 Å². The van der Waals surface area contributed by atoms with Crippen molar-refractivity contribution in [2.45, 2.75) is 16.9 Å². The number of carbonyl (C=O) groups is 2. The quantitative estimate of drug-likeness (QED) is 0.487. The second kappa shape index (κ2) is 7.25. The highest BCUT2D eigenvalue weighted by molar-refractivity contribution is 6.68. The highest BCUT2D eigenvalue weighted by atomic mass is 35.6. The van der Waals surface area contributed by atoms with Gasteiger partial charge in [0.25, 0.3) is 5.91 Å². The summed E-state index contributed by atoms with van der Waals surface area (Å²) in [6.07, 6.45) is 0.0916. The van der Waals surface area contributed by atoms with Crippen molar-refractivity contribution in [3.63, 3.8) is 0 Å². The lowest BCUT2D eigenvalue weighted by molar-refractivity contribution is 0.0805. The van der Waals surface area contributed by atoms with E-state index < -0.39 is 15.9 Å². The first-order valence-electron chi connectivity index (χ1n) is 6.46. The fraction of sp³-hybridized carbons (Fsp3) is 0.200. The van der Waals surface area contributed by atoms with Gasteiger partial charge < -0.3 is 14.5 Å². The molecular formula is C15H12Cl3NO4. The SMILES string of the molecule is CC(=O)c1ccc(OC(NC(=O)c2ccco2)C(Cl)(Cl)Cl)cc1. The second-order valence-electron chi connectivity index (χ2n) is 4.57. The van der Waals surface area contributed by atoms with Crippen LogP contribution in [0.5, 0.6) is 5.75 Å². The van der Waals surface area contributed by atoms with Crippen LogP contribution in [0.2, 0.25) is 0 Å². The molecule has 0 saturated heterocycles. The Hall–Kier alpha value is -1.69. The van der Waals surface area contributed by atoms with Crippen LogP contribution in [0.15, 0.2) is 47.1 Å². The molecule has 5 nitrogen and oxygen atoms in total. The molecule has 0 spiro atoms. The molecule has 0 aliphatic carbocycles. The first-order chi connectivity index (χ1) is 10.8. The molecule has 0 bridgehead atoms. The van der Waals surface area contributed by atoms with Crippen LogP contribution < -0.4 is 10.1 Å². The minimum atomic E-state index is -1.92. The zero-order valence-corrected chi connectivity index (χ0v) is 14.2. The number of hydrogen-bond donors (Lipinski definition) is 1. The lowest BCUT2D eigenvalue weighted by Gasteiger charge is -2.26. The molecule has 2 rings (SSSR count). The minimum Gasteiger partial charge on any atom is -0.466 e. The Morgan fingerprint density at radius 1 is 1.17 bits per heavy atom. The van der Waals surface area contributed by atoms with Gasteiger partial charge in [-0.1, -0.05) is 34.8 Å². The van der Waals surface area contributed by atoms with Crippen LogP contribution in [-0.2, 0) is 0 Å². The molecule has 0 aliphatic rings. The van der Waals surface area contributed by atoms with E-state index in [0.29, 0.717) is 11.3 Å². The average molecular weight is 377 g/mol. The third kappa shape index (κ3) is 4.89. The van der Waals surface area contributed by atoms with Gasteiger partial charge in [-0.05, 0) is 43.3 Å². The third-order valence-electron chi connectivity index (χ3n) is 2.82. The molecule has 0 fully saturated rings. The van der Waals surface area contributed by atoms with E-state index in [9.17, 15) is 9.59 Å². The number of furan rings is 1. The molecule has 1 amide bonds. The van der Waals surface area contributed by atoms with Crippen molar-refractivity contribution < 1.29 is 18.7 Å². The van der Waals surface area contributed by atoms with E-state index in [1.54, 1.807) is 30.3 Å². The van der Waals surface area contributed by atoms with E-state index >= 15 is 0 Å². The zero-order chi connectivity index (χ0) is 17.0. The Balaban J connectivity index is 2.13. The topological polar surface area (TPSA) is 68.5 Å². The number of amides is 1. The molecule has 1 aromatic carbocycles. The monoisotopic (exact) mass is 375 g/mol. The standard InChI is InChI=1S/C15H12Cl3NO4/c1-9(20)10-4-6-11(7-5-10)23-14(15(16,17)18)19-13(21)12-3-2-8-22-12/h2-8,14H,1H3,(H,19,21). The summed E-state index contributed by atoms with van der Waals surface area (Å²) in [5, 5.41) is 2.43. The molecule has 2 aromatic rings. The van der Waals surface area contributed by atoms with Crippen LogP contribution in [0.3, 0.4) is 0 Å². The number of benzene rings is 1. The van der Waals surface area contributed by atoms with Gasteiger partial charge in [0.05, 0.1) is 6.26 Å². The summed E-state index contributed by atoms with van der Waals surface area (Å²) in [7, 11) is 0. The smallest absolute Gasteiger partial charge is 0.289 e. The number of Topliss-reactive ketones (excluding diaryl/α,β-unsaturated/α-hetero) is 1. The van der Waals surface area contributed by atoms with Gasteiger partial charge in [-0.3, -0.25) is 9.59 Å². The fourth-order valence-electron chi connectivity index (χ4n) is 1.68. The van der Waals surface area contributed by atoms with Crippen LogP contribution >= 0.6 is 34.8 Å². The van der Waals surface area contributed by atoms with Gasteiger partial charge in [-0.2, -0.15) is 0 Å². The van der Waals surface area contributed by atoms with Gasteiger partial charge in [0.1, 0.15) is 5.75 Å². The van der Waals surface area contributed by atoms with Gasteiger partial charge >= 0.3 is 0 Å². The third-order valence-corrected chi connectivity index (χ3v) is 3.41. The Bertz CT molecular complexity index is 678. The van der Waals surface area contributed by atoms with Crippen LogP contribution in [0.4, 0.5) is 0 Å². The number of ketones is 1. The van der Waals surface area contributed by atoms with E-state index in [2.05, 4.69) is 5.32 Å². The number of hydrogen-bond acceptors (Lipinski definition) is 4. The second-order valence-corrected chi connectivity index (χ2v) is 6.94. The number of nitrogens with one attached hydrogen (secondary N) is 1. The lowest BCUT2D eigenvalue weighted by atomic mass is 10.1. The van der Waals surface area contributed by atoms with Gasteiger partial charge in [0, 0.05) is 5.56 Å². The summed E-state index contributed by atoms with van der Waals surface area (Å²) in [6, 6.07) is 9.24. The molecule has 1 unspecified atom stereocenters. The van der Waals surface area contributed by atoms with Crippen LogP contribution in [-0.4, -0.2) is 21.7 Å². The summed E-state index contributed by atoms with van der Waals surface area (Å²) in [6.45, 7) is 1.45. The number of carbonyl (C=O) groups excluding carboxylic acids is 2.